The van der Waals surface area contributed by atoms with E-state index in [1.807, 2.05) is 0 Å². The number of amides is 1. The Kier molecular flexibility index (Phi) is 2.70. The van der Waals surface area contributed by atoms with Crippen molar-refractivity contribution in [2.45, 2.75) is 37.8 Å². The fourth-order valence-electron chi connectivity index (χ4n) is 1.53. The number of carboxylic acid groups (broad SMARTS) is 1. The SMILES string of the molecule is N[C@H]1CCCC(NC(=O)O)C1. The molecule has 11 heavy (non-hydrogen) atoms. The van der Waals surface area contributed by atoms with E-state index in [2.05, 4.69) is 5.32 Å². The minimum absolute atomic E-state index is 0.0799. The van der Waals surface area contributed by atoms with Gasteiger partial charge in [0.05, 0.1) is 0 Å². The van der Waals surface area contributed by atoms with Crippen LogP contribution in [0.4, 0.5) is 4.79 Å². The van der Waals surface area contributed by atoms with Crippen molar-refractivity contribution in [2.24, 2.45) is 5.73 Å². The molecule has 0 radical (unpaired) electrons. The molecule has 0 aromatic rings. The number of rotatable bonds is 1. The van der Waals surface area contributed by atoms with E-state index in [-0.39, 0.29) is 12.1 Å². The summed E-state index contributed by atoms with van der Waals surface area (Å²) in [6.45, 7) is 0. The first-order valence-electron chi connectivity index (χ1n) is 3.93. The van der Waals surface area contributed by atoms with Crippen molar-refractivity contribution in [3.8, 4) is 0 Å². The summed E-state index contributed by atoms with van der Waals surface area (Å²) in [6, 6.07) is 0.261. The van der Waals surface area contributed by atoms with Crippen LogP contribution in [0.15, 0.2) is 0 Å². The van der Waals surface area contributed by atoms with Gasteiger partial charge in [0.2, 0.25) is 0 Å². The Morgan fingerprint density at radius 3 is 2.82 bits per heavy atom. The Morgan fingerprint density at radius 1 is 1.55 bits per heavy atom. The van der Waals surface area contributed by atoms with Gasteiger partial charge in [-0.25, -0.2) is 4.79 Å². The standard InChI is InChI=1S/C7H14N2O2/c8-5-2-1-3-6(4-5)9-7(10)11/h5-6,9H,1-4,8H2,(H,10,11)/t5-,6?/m0/s1. The van der Waals surface area contributed by atoms with Crippen molar-refractivity contribution in [3.05, 3.63) is 0 Å². The maximum atomic E-state index is 10.2. The first-order valence-corrected chi connectivity index (χ1v) is 3.93. The normalized spacial score (nSPS) is 31.4. The Labute approximate surface area is 65.8 Å². The van der Waals surface area contributed by atoms with Crippen LogP contribution in [0, 0.1) is 0 Å². The van der Waals surface area contributed by atoms with Gasteiger partial charge in [-0.2, -0.15) is 0 Å². The fourth-order valence-corrected chi connectivity index (χ4v) is 1.53. The summed E-state index contributed by atoms with van der Waals surface area (Å²) in [5.74, 6) is 0. The number of nitrogens with one attached hydrogen (secondary N) is 1. The van der Waals surface area contributed by atoms with Gasteiger partial charge in [-0.3, -0.25) is 0 Å². The molecular weight excluding hydrogens is 144 g/mol. The number of hydrogen-bond acceptors (Lipinski definition) is 2. The second-order valence-corrected chi connectivity index (χ2v) is 3.07. The molecule has 1 rings (SSSR count). The second-order valence-electron chi connectivity index (χ2n) is 3.07. The summed E-state index contributed by atoms with van der Waals surface area (Å²) in [4.78, 5) is 10.2. The van der Waals surface area contributed by atoms with Crippen LogP contribution in [0.1, 0.15) is 25.7 Å². The lowest BCUT2D eigenvalue weighted by Crippen LogP contribution is -2.41. The van der Waals surface area contributed by atoms with Crippen LogP contribution in [0.2, 0.25) is 0 Å². The molecule has 0 aliphatic heterocycles. The fraction of sp³-hybridized carbons (Fsp3) is 0.857. The van der Waals surface area contributed by atoms with Crippen LogP contribution in [-0.2, 0) is 0 Å². The molecule has 1 aliphatic rings. The molecule has 2 atom stereocenters. The molecule has 0 spiro atoms. The van der Waals surface area contributed by atoms with Gasteiger partial charge in [-0.05, 0) is 25.7 Å². The molecule has 0 aromatic carbocycles. The molecule has 4 heteroatoms. The number of carbonyl (C=O) groups is 1. The quantitative estimate of drug-likeness (QED) is 0.521. The molecule has 0 heterocycles. The Hall–Kier alpha value is -0.770. The van der Waals surface area contributed by atoms with E-state index in [0.717, 1.165) is 25.7 Å². The lowest BCUT2D eigenvalue weighted by molar-refractivity contribution is 0.184. The molecule has 1 aliphatic carbocycles. The Balaban J connectivity index is 2.28. The van der Waals surface area contributed by atoms with Gasteiger partial charge >= 0.3 is 6.09 Å². The van der Waals surface area contributed by atoms with Crippen molar-refractivity contribution in [1.82, 2.24) is 5.32 Å². The van der Waals surface area contributed by atoms with Crippen molar-refractivity contribution < 1.29 is 9.90 Å². The zero-order valence-electron chi connectivity index (χ0n) is 6.42. The second kappa shape index (κ2) is 3.57. The van der Waals surface area contributed by atoms with Crippen LogP contribution < -0.4 is 11.1 Å². The van der Waals surface area contributed by atoms with Crippen LogP contribution in [-0.4, -0.2) is 23.3 Å². The minimum atomic E-state index is -0.941. The molecule has 0 saturated heterocycles. The average molecular weight is 158 g/mol. The molecule has 4 N–H and O–H groups in total. The van der Waals surface area contributed by atoms with Crippen LogP contribution >= 0.6 is 0 Å². The van der Waals surface area contributed by atoms with Crippen LogP contribution in [0.5, 0.6) is 0 Å². The van der Waals surface area contributed by atoms with Gasteiger partial charge < -0.3 is 16.2 Å². The zero-order valence-corrected chi connectivity index (χ0v) is 6.42. The first kappa shape index (κ1) is 8.33. The highest BCUT2D eigenvalue weighted by molar-refractivity contribution is 5.64. The Bertz CT molecular complexity index is 149. The summed E-state index contributed by atoms with van der Waals surface area (Å²) in [5, 5.41) is 10.8. The molecule has 1 saturated carbocycles. The van der Waals surface area contributed by atoms with Crippen molar-refractivity contribution >= 4 is 6.09 Å². The van der Waals surface area contributed by atoms with Gasteiger partial charge in [0, 0.05) is 12.1 Å². The molecule has 1 amide bonds. The highest BCUT2D eigenvalue weighted by Gasteiger charge is 2.19. The summed E-state index contributed by atoms with van der Waals surface area (Å²) in [5.41, 5.74) is 5.67. The molecule has 0 bridgehead atoms. The van der Waals surface area contributed by atoms with Crippen molar-refractivity contribution in [1.29, 1.82) is 0 Å². The Morgan fingerprint density at radius 2 is 2.27 bits per heavy atom. The van der Waals surface area contributed by atoms with Gasteiger partial charge in [0.25, 0.3) is 0 Å². The van der Waals surface area contributed by atoms with Gasteiger partial charge in [0.15, 0.2) is 0 Å². The van der Waals surface area contributed by atoms with Crippen LogP contribution in [0.25, 0.3) is 0 Å². The lowest BCUT2D eigenvalue weighted by Gasteiger charge is -2.26. The minimum Gasteiger partial charge on any atom is -0.465 e. The van der Waals surface area contributed by atoms with E-state index >= 15 is 0 Å². The predicted molar refractivity (Wildman–Crippen MR) is 41.4 cm³/mol. The number of nitrogens with two attached hydrogens (primary N) is 1. The summed E-state index contributed by atoms with van der Waals surface area (Å²) < 4.78 is 0. The average Bonchev–Trinajstić information content (AvgIpc) is 1.85. The third-order valence-electron chi connectivity index (χ3n) is 2.04. The van der Waals surface area contributed by atoms with Gasteiger partial charge in [-0.15, -0.1) is 0 Å². The summed E-state index contributed by atoms with van der Waals surface area (Å²) in [7, 11) is 0. The van der Waals surface area contributed by atoms with Crippen molar-refractivity contribution in [2.75, 3.05) is 0 Å². The molecular formula is C7H14N2O2. The van der Waals surface area contributed by atoms with E-state index < -0.39 is 6.09 Å². The zero-order chi connectivity index (χ0) is 8.27. The monoisotopic (exact) mass is 158 g/mol. The van der Waals surface area contributed by atoms with E-state index in [1.54, 1.807) is 0 Å². The van der Waals surface area contributed by atoms with Gasteiger partial charge in [0.1, 0.15) is 0 Å². The van der Waals surface area contributed by atoms with E-state index in [4.69, 9.17) is 10.8 Å². The summed E-state index contributed by atoms with van der Waals surface area (Å²) in [6.07, 6.45) is 2.83. The maximum Gasteiger partial charge on any atom is 0.404 e. The predicted octanol–water partition coefficient (Wildman–Crippen LogP) is 0.524. The third-order valence-corrected chi connectivity index (χ3v) is 2.04. The van der Waals surface area contributed by atoms with E-state index in [1.165, 1.54) is 0 Å². The van der Waals surface area contributed by atoms with Crippen molar-refractivity contribution in [3.63, 3.8) is 0 Å². The molecule has 0 aromatic heterocycles. The highest BCUT2D eigenvalue weighted by Crippen LogP contribution is 2.16. The number of hydrogen-bond donors (Lipinski definition) is 3. The summed E-state index contributed by atoms with van der Waals surface area (Å²) >= 11 is 0. The van der Waals surface area contributed by atoms with E-state index in [9.17, 15) is 4.79 Å². The van der Waals surface area contributed by atoms with E-state index in [0.29, 0.717) is 0 Å². The first-order chi connectivity index (χ1) is 5.18. The molecule has 1 fully saturated rings. The largest absolute Gasteiger partial charge is 0.465 e. The molecule has 1 unspecified atom stereocenters. The topological polar surface area (TPSA) is 75.3 Å². The smallest absolute Gasteiger partial charge is 0.404 e. The van der Waals surface area contributed by atoms with Crippen LogP contribution in [0.3, 0.4) is 0 Å². The maximum absolute atomic E-state index is 10.2. The third kappa shape index (κ3) is 2.76. The van der Waals surface area contributed by atoms with Gasteiger partial charge in [-0.1, -0.05) is 0 Å². The molecule has 4 nitrogen and oxygen atoms in total. The highest BCUT2D eigenvalue weighted by atomic mass is 16.4. The lowest BCUT2D eigenvalue weighted by atomic mass is 9.92. The molecule has 64 valence electrons.